The number of rotatable bonds is 3. The molecule has 0 radical (unpaired) electrons. The van der Waals surface area contributed by atoms with Crippen molar-refractivity contribution in [1.29, 1.82) is 0 Å². The molecule has 1 aromatic rings. The summed E-state index contributed by atoms with van der Waals surface area (Å²) < 4.78 is 20.9. The number of piperidine rings is 2. The number of anilines is 2. The number of carbonyl (C=O) groups excluding carboxylic acids is 2. The van der Waals surface area contributed by atoms with E-state index in [1.54, 1.807) is 21.9 Å². The van der Waals surface area contributed by atoms with Crippen molar-refractivity contribution in [3.8, 4) is 0 Å². The smallest absolute Gasteiger partial charge is 0.410 e. The minimum Gasteiger partial charge on any atom is -0.444 e. The molecule has 0 aromatic heterocycles. The molecule has 5 rings (SSSR count). The normalized spacial score (nSPS) is 25.4. The van der Waals surface area contributed by atoms with Crippen LogP contribution in [0.15, 0.2) is 18.2 Å². The van der Waals surface area contributed by atoms with Crippen molar-refractivity contribution in [1.82, 2.24) is 9.80 Å². The third kappa shape index (κ3) is 5.31. The van der Waals surface area contributed by atoms with Gasteiger partial charge in [-0.2, -0.15) is 0 Å². The molecule has 1 atom stereocenters. The van der Waals surface area contributed by atoms with E-state index in [0.717, 1.165) is 31.6 Å². The summed E-state index contributed by atoms with van der Waals surface area (Å²) in [5.74, 6) is -0.340. The molecule has 4 aliphatic rings. The van der Waals surface area contributed by atoms with Crippen LogP contribution in [-0.2, 0) is 9.53 Å². The lowest BCUT2D eigenvalue weighted by Gasteiger charge is -2.39. The highest BCUT2D eigenvalue weighted by Gasteiger charge is 2.49. The van der Waals surface area contributed by atoms with E-state index in [4.69, 9.17) is 4.74 Å². The summed E-state index contributed by atoms with van der Waals surface area (Å²) in [5.41, 5.74) is 0.221. The van der Waals surface area contributed by atoms with Crippen molar-refractivity contribution in [2.24, 2.45) is 5.41 Å². The average molecular weight is 515 g/mol. The summed E-state index contributed by atoms with van der Waals surface area (Å²) in [4.78, 5) is 34.2. The Labute approximate surface area is 220 Å². The zero-order chi connectivity index (χ0) is 26.4. The van der Waals surface area contributed by atoms with Crippen molar-refractivity contribution >= 4 is 23.4 Å². The molecule has 4 aliphatic heterocycles. The van der Waals surface area contributed by atoms with Crippen LogP contribution in [0.25, 0.3) is 0 Å². The van der Waals surface area contributed by atoms with Gasteiger partial charge in [0.05, 0.1) is 11.1 Å². The zero-order valence-electron chi connectivity index (χ0n) is 23.0. The Hall–Kier alpha value is -2.35. The van der Waals surface area contributed by atoms with Crippen LogP contribution in [0.2, 0.25) is 0 Å². The molecular formula is C29H43FN4O3. The lowest BCUT2D eigenvalue weighted by Crippen LogP contribution is -2.48. The molecule has 8 heteroatoms. The second-order valence-corrected chi connectivity index (χ2v) is 12.5. The van der Waals surface area contributed by atoms with Gasteiger partial charge in [-0.3, -0.25) is 9.69 Å². The van der Waals surface area contributed by atoms with Gasteiger partial charge in [-0.15, -0.1) is 0 Å². The number of benzene rings is 1. The molecular weight excluding hydrogens is 471 g/mol. The molecule has 0 N–H and O–H groups in total. The van der Waals surface area contributed by atoms with Gasteiger partial charge in [0.25, 0.3) is 0 Å². The zero-order valence-corrected chi connectivity index (χ0v) is 23.0. The minimum atomic E-state index is -0.543. The topological polar surface area (TPSA) is 56.3 Å². The Morgan fingerprint density at radius 2 is 1.68 bits per heavy atom. The third-order valence-corrected chi connectivity index (χ3v) is 9.01. The average Bonchev–Trinajstić information content (AvgIpc) is 3.42. The maximum Gasteiger partial charge on any atom is 0.410 e. The van der Waals surface area contributed by atoms with Gasteiger partial charge in [0, 0.05) is 50.5 Å². The fourth-order valence-electron chi connectivity index (χ4n) is 6.82. The van der Waals surface area contributed by atoms with Gasteiger partial charge < -0.3 is 19.4 Å². The number of hydrogen-bond donors (Lipinski definition) is 0. The number of amides is 2. The fraction of sp³-hybridized carbons (Fsp3) is 0.724. The summed E-state index contributed by atoms with van der Waals surface area (Å²) in [7, 11) is 0. The summed E-state index contributed by atoms with van der Waals surface area (Å²) in [6, 6.07) is 6.68. The Morgan fingerprint density at radius 3 is 2.27 bits per heavy atom. The van der Waals surface area contributed by atoms with Crippen molar-refractivity contribution in [2.75, 3.05) is 49.1 Å². The second kappa shape index (κ2) is 10.1. The number of halogens is 1. The van der Waals surface area contributed by atoms with Gasteiger partial charge in [0.1, 0.15) is 11.4 Å². The summed E-state index contributed by atoms with van der Waals surface area (Å²) in [5, 5.41) is 0. The van der Waals surface area contributed by atoms with Gasteiger partial charge >= 0.3 is 6.09 Å². The highest BCUT2D eigenvalue weighted by atomic mass is 19.1. The minimum absolute atomic E-state index is 0.0106. The van der Waals surface area contributed by atoms with E-state index in [-0.39, 0.29) is 17.8 Å². The van der Waals surface area contributed by atoms with Crippen LogP contribution >= 0.6 is 0 Å². The van der Waals surface area contributed by atoms with E-state index in [2.05, 4.69) is 16.7 Å². The summed E-state index contributed by atoms with van der Waals surface area (Å²) in [6.07, 6.45) is 6.36. The quantitative estimate of drug-likeness (QED) is 0.566. The number of ether oxygens (including phenoxy) is 1. The van der Waals surface area contributed by atoms with Gasteiger partial charge in [-0.1, -0.05) is 0 Å². The first kappa shape index (κ1) is 26.3. The standard InChI is InChI=1S/C29H43FN4O3/c1-21-6-5-14-33(21)22-9-15-31(16-10-22)23-7-8-25(24(30)20-23)34-19-13-29(26(34)35)11-17-32(18-12-29)27(36)37-28(2,3)4/h7-8,20-22H,5-6,9-19H2,1-4H3. The lowest BCUT2D eigenvalue weighted by atomic mass is 9.77. The maximum absolute atomic E-state index is 15.4. The maximum atomic E-state index is 15.4. The van der Waals surface area contributed by atoms with E-state index in [1.165, 1.54) is 19.4 Å². The molecule has 204 valence electrons. The molecule has 0 bridgehead atoms. The Balaban J connectivity index is 1.19. The van der Waals surface area contributed by atoms with Crippen LogP contribution in [0.5, 0.6) is 0 Å². The van der Waals surface area contributed by atoms with Crippen molar-refractivity contribution in [3.05, 3.63) is 24.0 Å². The van der Waals surface area contributed by atoms with Gasteiger partial charge in [0.2, 0.25) is 5.91 Å². The van der Waals surface area contributed by atoms with Crippen molar-refractivity contribution in [2.45, 2.75) is 90.3 Å². The SMILES string of the molecule is CC1CCCN1C1CCN(c2ccc(N3CCC4(CCN(C(=O)OC(C)(C)C)CC4)C3=O)c(F)c2)CC1. The number of hydrogen-bond acceptors (Lipinski definition) is 5. The van der Waals surface area contributed by atoms with Crippen LogP contribution in [0.3, 0.4) is 0 Å². The van der Waals surface area contributed by atoms with Gasteiger partial charge in [-0.05, 0) is 97.4 Å². The number of carbonyl (C=O) groups is 2. The Kier molecular flexibility index (Phi) is 7.16. The molecule has 2 amide bonds. The molecule has 4 fully saturated rings. The number of nitrogens with zero attached hydrogens (tertiary/aromatic N) is 4. The molecule has 1 aromatic carbocycles. The van der Waals surface area contributed by atoms with Crippen LogP contribution in [0.4, 0.5) is 20.6 Å². The molecule has 0 saturated carbocycles. The first-order chi connectivity index (χ1) is 17.6. The Bertz CT molecular complexity index is 1010. The first-order valence-corrected chi connectivity index (χ1v) is 14.2. The molecule has 4 heterocycles. The molecule has 4 saturated heterocycles. The van der Waals surface area contributed by atoms with E-state index >= 15 is 4.39 Å². The predicted octanol–water partition coefficient (Wildman–Crippen LogP) is 5.03. The monoisotopic (exact) mass is 514 g/mol. The van der Waals surface area contributed by atoms with E-state index in [0.29, 0.717) is 56.7 Å². The first-order valence-electron chi connectivity index (χ1n) is 14.2. The van der Waals surface area contributed by atoms with Crippen molar-refractivity contribution in [3.63, 3.8) is 0 Å². The third-order valence-electron chi connectivity index (χ3n) is 9.01. The highest BCUT2D eigenvalue weighted by Crippen LogP contribution is 2.44. The molecule has 1 unspecified atom stereocenters. The molecule has 37 heavy (non-hydrogen) atoms. The van der Waals surface area contributed by atoms with Gasteiger partial charge in [0.15, 0.2) is 0 Å². The Morgan fingerprint density at radius 1 is 1.00 bits per heavy atom. The largest absolute Gasteiger partial charge is 0.444 e. The van der Waals surface area contributed by atoms with Gasteiger partial charge in [-0.25, -0.2) is 9.18 Å². The number of likely N-dealkylation sites (tertiary alicyclic amines) is 2. The lowest BCUT2D eigenvalue weighted by molar-refractivity contribution is -0.128. The highest BCUT2D eigenvalue weighted by molar-refractivity contribution is 6.00. The molecule has 0 aliphatic carbocycles. The molecule has 7 nitrogen and oxygen atoms in total. The van der Waals surface area contributed by atoms with Crippen molar-refractivity contribution < 1.29 is 18.7 Å². The molecule has 1 spiro atoms. The summed E-state index contributed by atoms with van der Waals surface area (Å²) >= 11 is 0. The predicted molar refractivity (Wildman–Crippen MR) is 143 cm³/mol. The van der Waals surface area contributed by atoms with Crippen LogP contribution in [-0.4, -0.2) is 78.8 Å². The second-order valence-electron chi connectivity index (χ2n) is 12.5. The van der Waals surface area contributed by atoms with Crippen LogP contribution in [0.1, 0.15) is 72.6 Å². The van der Waals surface area contributed by atoms with E-state index in [1.807, 2.05) is 26.8 Å². The summed E-state index contributed by atoms with van der Waals surface area (Å²) in [6.45, 7) is 12.5. The van der Waals surface area contributed by atoms with E-state index < -0.39 is 11.0 Å². The van der Waals surface area contributed by atoms with Crippen LogP contribution < -0.4 is 9.80 Å². The van der Waals surface area contributed by atoms with E-state index in [9.17, 15) is 9.59 Å². The fourth-order valence-corrected chi connectivity index (χ4v) is 6.82. The van der Waals surface area contributed by atoms with Crippen LogP contribution in [0, 0.1) is 11.2 Å².